The fourth-order valence-electron chi connectivity index (χ4n) is 3.58. The molecule has 0 aliphatic heterocycles. The second-order valence-electron chi connectivity index (χ2n) is 7.10. The third-order valence-corrected chi connectivity index (χ3v) is 6.48. The number of nitrogens with one attached hydrogen (secondary N) is 1. The molecule has 4 aromatic rings. The Morgan fingerprint density at radius 3 is 2.72 bits per heavy atom. The molecular weight excluding hydrogens is 411 g/mol. The van der Waals surface area contributed by atoms with Gasteiger partial charge in [-0.2, -0.15) is 0 Å². The van der Waals surface area contributed by atoms with E-state index in [0.29, 0.717) is 28.9 Å². The fraction of sp³-hybridized carbons (Fsp3) is 0.250. The quantitative estimate of drug-likeness (QED) is 0.459. The number of anilines is 1. The molecule has 9 heteroatoms. The Morgan fingerprint density at radius 2 is 2.00 bits per heavy atom. The van der Waals surface area contributed by atoms with Crippen LogP contribution >= 0.6 is 22.9 Å². The van der Waals surface area contributed by atoms with Gasteiger partial charge >= 0.3 is 0 Å². The zero-order chi connectivity index (χ0) is 19.8. The molecular formula is C20H16ClFN6S. The number of hydrogen-bond acceptors (Lipinski definition) is 7. The zero-order valence-electron chi connectivity index (χ0n) is 15.3. The number of hydrogen-bond donors (Lipinski definition) is 1. The second-order valence-corrected chi connectivity index (χ2v) is 8.47. The lowest BCUT2D eigenvalue weighted by Gasteiger charge is -2.41. The highest BCUT2D eigenvalue weighted by molar-refractivity contribution is 7.21. The van der Waals surface area contributed by atoms with Crippen LogP contribution in [-0.2, 0) is 5.41 Å². The van der Waals surface area contributed by atoms with Gasteiger partial charge in [0.2, 0.25) is 0 Å². The summed E-state index contributed by atoms with van der Waals surface area (Å²) < 4.78 is 14.2. The lowest BCUT2D eigenvalue weighted by atomic mass is 9.66. The van der Waals surface area contributed by atoms with Crippen LogP contribution in [0.5, 0.6) is 0 Å². The van der Waals surface area contributed by atoms with Crippen molar-refractivity contribution in [1.82, 2.24) is 25.1 Å². The minimum absolute atomic E-state index is 0.250. The first kappa shape index (κ1) is 18.3. The largest absolute Gasteiger partial charge is 0.368 e. The Balaban J connectivity index is 1.33. The highest BCUT2D eigenvalue weighted by Gasteiger charge is 2.41. The van der Waals surface area contributed by atoms with Gasteiger partial charge < -0.3 is 5.32 Å². The second kappa shape index (κ2) is 7.27. The molecule has 29 heavy (non-hydrogen) atoms. The lowest BCUT2D eigenvalue weighted by molar-refractivity contribution is 0.243. The Kier molecular flexibility index (Phi) is 4.60. The molecule has 0 aromatic carbocycles. The first-order valence-electron chi connectivity index (χ1n) is 9.25. The van der Waals surface area contributed by atoms with Crippen molar-refractivity contribution in [3.63, 3.8) is 0 Å². The van der Waals surface area contributed by atoms with E-state index >= 15 is 0 Å². The number of rotatable bonds is 5. The van der Waals surface area contributed by atoms with Crippen molar-refractivity contribution in [1.29, 1.82) is 0 Å². The van der Waals surface area contributed by atoms with E-state index in [1.807, 2.05) is 18.2 Å². The van der Waals surface area contributed by atoms with E-state index in [1.54, 1.807) is 18.3 Å². The SMILES string of the molecule is Fc1cccnc1C1(CNc2ccc(-c3nc4ccc(Cl)nc4s3)nn2)CCC1. The van der Waals surface area contributed by atoms with Gasteiger partial charge in [-0.1, -0.05) is 29.4 Å². The lowest BCUT2D eigenvalue weighted by Crippen LogP contribution is -2.42. The molecule has 0 spiro atoms. The van der Waals surface area contributed by atoms with Crippen LogP contribution in [-0.4, -0.2) is 31.7 Å². The Labute approximate surface area is 175 Å². The molecule has 4 heterocycles. The maximum absolute atomic E-state index is 14.2. The number of aromatic nitrogens is 5. The molecule has 6 nitrogen and oxygen atoms in total. The van der Waals surface area contributed by atoms with Crippen molar-refractivity contribution in [3.8, 4) is 10.7 Å². The third-order valence-electron chi connectivity index (χ3n) is 5.28. The van der Waals surface area contributed by atoms with Gasteiger partial charge in [0.05, 0.1) is 5.69 Å². The maximum Gasteiger partial charge on any atom is 0.148 e. The average Bonchev–Trinajstić information content (AvgIpc) is 3.12. The summed E-state index contributed by atoms with van der Waals surface area (Å²) in [5, 5.41) is 13.0. The summed E-state index contributed by atoms with van der Waals surface area (Å²) in [6, 6.07) is 10.4. The van der Waals surface area contributed by atoms with Crippen LogP contribution in [0.2, 0.25) is 5.15 Å². The standard InChI is InChI=1S/C20H16ClFN6S/c21-15-6-4-13-18(26-15)29-19(25-13)14-5-7-16(28-27-14)24-11-20(8-2-9-20)17-12(22)3-1-10-23-17/h1,3-7,10H,2,8-9,11H2,(H,24,28). The van der Waals surface area contributed by atoms with Crippen LogP contribution in [0.3, 0.4) is 0 Å². The minimum atomic E-state index is -0.288. The minimum Gasteiger partial charge on any atom is -0.368 e. The van der Waals surface area contributed by atoms with Crippen LogP contribution in [0, 0.1) is 5.82 Å². The molecule has 1 aliphatic carbocycles. The van der Waals surface area contributed by atoms with E-state index in [4.69, 9.17) is 11.6 Å². The number of halogens is 2. The van der Waals surface area contributed by atoms with Crippen LogP contribution in [0.25, 0.3) is 21.0 Å². The van der Waals surface area contributed by atoms with Gasteiger partial charge in [-0.15, -0.1) is 10.2 Å². The first-order chi connectivity index (χ1) is 14.1. The van der Waals surface area contributed by atoms with Crippen LogP contribution < -0.4 is 5.32 Å². The molecule has 146 valence electrons. The van der Waals surface area contributed by atoms with Crippen molar-refractivity contribution in [2.45, 2.75) is 24.7 Å². The predicted molar refractivity (Wildman–Crippen MR) is 112 cm³/mol. The summed E-state index contributed by atoms with van der Waals surface area (Å²) in [5.41, 5.74) is 1.69. The predicted octanol–water partition coefficient (Wildman–Crippen LogP) is 4.87. The van der Waals surface area contributed by atoms with E-state index in [1.165, 1.54) is 17.4 Å². The Hall–Kier alpha value is -2.71. The molecule has 0 bridgehead atoms. The Morgan fingerprint density at radius 1 is 1.10 bits per heavy atom. The van der Waals surface area contributed by atoms with E-state index < -0.39 is 0 Å². The van der Waals surface area contributed by atoms with Crippen molar-refractivity contribution in [2.24, 2.45) is 0 Å². The van der Waals surface area contributed by atoms with Crippen molar-refractivity contribution < 1.29 is 4.39 Å². The first-order valence-corrected chi connectivity index (χ1v) is 10.4. The maximum atomic E-state index is 14.2. The molecule has 0 radical (unpaired) electrons. The van der Waals surface area contributed by atoms with Gasteiger partial charge in [0.25, 0.3) is 0 Å². The number of fused-ring (bicyclic) bond motifs is 1. The highest BCUT2D eigenvalue weighted by atomic mass is 35.5. The van der Waals surface area contributed by atoms with Crippen LogP contribution in [0.4, 0.5) is 10.2 Å². The third kappa shape index (κ3) is 3.42. The molecule has 0 unspecified atom stereocenters. The highest BCUT2D eigenvalue weighted by Crippen LogP contribution is 2.43. The summed E-state index contributed by atoms with van der Waals surface area (Å²) in [5.74, 6) is 0.388. The summed E-state index contributed by atoms with van der Waals surface area (Å²) in [7, 11) is 0. The van der Waals surface area contributed by atoms with Crippen LogP contribution in [0.15, 0.2) is 42.6 Å². The fourth-order valence-corrected chi connectivity index (χ4v) is 4.68. The molecule has 0 saturated heterocycles. The van der Waals surface area contributed by atoms with Gasteiger partial charge in [-0.05, 0) is 49.2 Å². The van der Waals surface area contributed by atoms with Gasteiger partial charge in [-0.25, -0.2) is 14.4 Å². The molecule has 4 aromatic heterocycles. The summed E-state index contributed by atoms with van der Waals surface area (Å²) in [4.78, 5) is 13.9. The summed E-state index contributed by atoms with van der Waals surface area (Å²) in [6.45, 7) is 0.568. The molecule has 1 saturated carbocycles. The average molecular weight is 427 g/mol. The Bertz CT molecular complexity index is 1180. The molecule has 1 N–H and O–H groups in total. The summed E-state index contributed by atoms with van der Waals surface area (Å²) >= 11 is 7.36. The van der Waals surface area contributed by atoms with Gasteiger partial charge in [-0.3, -0.25) is 4.98 Å². The number of nitrogens with zero attached hydrogens (tertiary/aromatic N) is 5. The normalized spacial score (nSPS) is 15.2. The van der Waals surface area contributed by atoms with E-state index in [0.717, 1.165) is 34.6 Å². The van der Waals surface area contributed by atoms with E-state index in [2.05, 4.69) is 30.5 Å². The topological polar surface area (TPSA) is 76.5 Å². The molecule has 0 atom stereocenters. The van der Waals surface area contributed by atoms with Gasteiger partial charge in [0, 0.05) is 18.2 Å². The number of pyridine rings is 2. The van der Waals surface area contributed by atoms with Gasteiger partial charge in [0.1, 0.15) is 37.8 Å². The van der Waals surface area contributed by atoms with E-state index in [-0.39, 0.29) is 11.2 Å². The van der Waals surface area contributed by atoms with Crippen molar-refractivity contribution in [2.75, 3.05) is 11.9 Å². The van der Waals surface area contributed by atoms with Gasteiger partial charge in [0.15, 0.2) is 0 Å². The monoisotopic (exact) mass is 426 g/mol. The molecule has 1 fully saturated rings. The zero-order valence-corrected chi connectivity index (χ0v) is 16.8. The van der Waals surface area contributed by atoms with Crippen molar-refractivity contribution >= 4 is 39.1 Å². The van der Waals surface area contributed by atoms with E-state index in [9.17, 15) is 4.39 Å². The van der Waals surface area contributed by atoms with Crippen LogP contribution in [0.1, 0.15) is 25.0 Å². The van der Waals surface area contributed by atoms with Crippen molar-refractivity contribution in [3.05, 3.63) is 59.3 Å². The molecule has 1 aliphatic rings. The smallest absolute Gasteiger partial charge is 0.148 e. The molecule has 5 rings (SSSR count). The summed E-state index contributed by atoms with van der Waals surface area (Å²) in [6.07, 6.45) is 4.52. The molecule has 0 amide bonds. The number of thiazole rings is 1.